The van der Waals surface area contributed by atoms with E-state index in [0.29, 0.717) is 0 Å². The topological polar surface area (TPSA) is 35.5 Å². The van der Waals surface area contributed by atoms with Crippen LogP contribution in [0.3, 0.4) is 0 Å². The highest BCUT2D eigenvalue weighted by atomic mass is 16.7. The Bertz CT molecular complexity index is 206. The van der Waals surface area contributed by atoms with Crippen LogP contribution in [0.4, 0.5) is 4.79 Å². The Labute approximate surface area is 125 Å². The molecular weight excluding hydrogens is 252 g/mol. The molecule has 3 nitrogen and oxygen atoms in total. The Balaban J connectivity index is 3.59. The molecule has 0 aliphatic heterocycles. The maximum absolute atomic E-state index is 11.6. The van der Waals surface area contributed by atoms with Crippen LogP contribution in [0.1, 0.15) is 91.9 Å². The lowest BCUT2D eigenvalue weighted by Gasteiger charge is -2.16. The molecule has 0 aromatic heterocycles. The van der Waals surface area contributed by atoms with Gasteiger partial charge in [0.15, 0.2) is 0 Å². The van der Waals surface area contributed by atoms with Crippen molar-refractivity contribution in [3.8, 4) is 0 Å². The summed E-state index contributed by atoms with van der Waals surface area (Å²) in [4.78, 5) is 11.6. The maximum Gasteiger partial charge on any atom is 0.508 e. The summed E-state index contributed by atoms with van der Waals surface area (Å²) in [6, 6.07) is 0. The van der Waals surface area contributed by atoms with Crippen molar-refractivity contribution in [2.75, 3.05) is 0 Å². The van der Waals surface area contributed by atoms with Crippen LogP contribution in [0, 0.1) is 0 Å². The van der Waals surface area contributed by atoms with E-state index in [1.54, 1.807) is 0 Å². The molecule has 0 aromatic rings. The summed E-state index contributed by atoms with van der Waals surface area (Å²) in [5, 5.41) is 0. The summed E-state index contributed by atoms with van der Waals surface area (Å²) in [5.74, 6) is 0. The van der Waals surface area contributed by atoms with Crippen LogP contribution in [0.15, 0.2) is 0 Å². The van der Waals surface area contributed by atoms with Gasteiger partial charge in [0.25, 0.3) is 0 Å². The van der Waals surface area contributed by atoms with Gasteiger partial charge in [0, 0.05) is 0 Å². The number of rotatable bonds is 12. The van der Waals surface area contributed by atoms with Gasteiger partial charge in [-0.3, -0.25) is 0 Å². The van der Waals surface area contributed by atoms with Gasteiger partial charge in [0.05, 0.1) is 0 Å². The Morgan fingerprint density at radius 3 is 1.50 bits per heavy atom. The third-order valence-corrected chi connectivity index (χ3v) is 3.52. The molecule has 0 aliphatic rings. The van der Waals surface area contributed by atoms with E-state index in [9.17, 15) is 4.79 Å². The highest BCUT2D eigenvalue weighted by Gasteiger charge is 2.14. The fourth-order valence-electron chi connectivity index (χ4n) is 2.19. The molecule has 20 heavy (non-hydrogen) atoms. The molecule has 2 atom stereocenters. The number of hydrogen-bond acceptors (Lipinski definition) is 3. The van der Waals surface area contributed by atoms with Crippen molar-refractivity contribution in [2.45, 2.75) is 104 Å². The molecule has 3 heteroatoms. The third kappa shape index (κ3) is 12.3. The van der Waals surface area contributed by atoms with Crippen LogP contribution in [0.25, 0.3) is 0 Å². The molecule has 0 aromatic carbocycles. The SMILES string of the molecule is CCCCCC[C@@H](C)OC(=O)O[C@@H](C)CCCCCC. The zero-order valence-corrected chi connectivity index (χ0v) is 14.0. The van der Waals surface area contributed by atoms with Gasteiger partial charge in [-0.15, -0.1) is 0 Å². The lowest BCUT2D eigenvalue weighted by molar-refractivity contribution is 0.00265. The highest BCUT2D eigenvalue weighted by Crippen LogP contribution is 2.11. The fourth-order valence-corrected chi connectivity index (χ4v) is 2.19. The molecular formula is C17H34O3. The maximum atomic E-state index is 11.6. The first-order valence-electron chi connectivity index (χ1n) is 8.47. The Morgan fingerprint density at radius 1 is 0.750 bits per heavy atom. The van der Waals surface area contributed by atoms with Crippen molar-refractivity contribution < 1.29 is 14.3 Å². The van der Waals surface area contributed by atoms with Gasteiger partial charge >= 0.3 is 6.16 Å². The predicted octanol–water partition coefficient (Wildman–Crippen LogP) is 5.86. The quantitative estimate of drug-likeness (QED) is 0.333. The van der Waals surface area contributed by atoms with Crippen LogP contribution < -0.4 is 0 Å². The molecule has 0 rings (SSSR count). The molecule has 0 spiro atoms. The van der Waals surface area contributed by atoms with E-state index in [-0.39, 0.29) is 12.2 Å². The molecule has 0 saturated carbocycles. The molecule has 0 amide bonds. The van der Waals surface area contributed by atoms with Gasteiger partial charge in [-0.2, -0.15) is 0 Å². The zero-order chi connectivity index (χ0) is 15.2. The van der Waals surface area contributed by atoms with Gasteiger partial charge in [-0.25, -0.2) is 4.79 Å². The number of hydrogen-bond donors (Lipinski definition) is 0. The normalized spacial score (nSPS) is 13.8. The van der Waals surface area contributed by atoms with Crippen molar-refractivity contribution in [1.29, 1.82) is 0 Å². The first-order chi connectivity index (χ1) is 9.60. The summed E-state index contributed by atoms with van der Waals surface area (Å²) >= 11 is 0. The monoisotopic (exact) mass is 286 g/mol. The Hall–Kier alpha value is -0.730. The van der Waals surface area contributed by atoms with Crippen LogP contribution in [0.2, 0.25) is 0 Å². The standard InChI is InChI=1S/C17H34O3/c1-5-7-9-11-13-15(3)19-17(18)20-16(4)14-12-10-8-6-2/h15-16H,5-14H2,1-4H3/t15-,16+. The minimum Gasteiger partial charge on any atom is -0.431 e. The second kappa shape index (κ2) is 13.3. The van der Waals surface area contributed by atoms with E-state index in [1.165, 1.54) is 38.5 Å². The van der Waals surface area contributed by atoms with Gasteiger partial charge in [0.2, 0.25) is 0 Å². The van der Waals surface area contributed by atoms with Crippen molar-refractivity contribution in [1.82, 2.24) is 0 Å². The van der Waals surface area contributed by atoms with Crippen LogP contribution in [-0.4, -0.2) is 18.4 Å². The Morgan fingerprint density at radius 2 is 1.15 bits per heavy atom. The van der Waals surface area contributed by atoms with Gasteiger partial charge in [0.1, 0.15) is 12.2 Å². The van der Waals surface area contributed by atoms with E-state index in [4.69, 9.17) is 9.47 Å². The molecule has 0 N–H and O–H groups in total. The number of unbranched alkanes of at least 4 members (excludes halogenated alkanes) is 6. The van der Waals surface area contributed by atoms with Gasteiger partial charge < -0.3 is 9.47 Å². The third-order valence-electron chi connectivity index (χ3n) is 3.52. The molecule has 0 unspecified atom stereocenters. The summed E-state index contributed by atoms with van der Waals surface area (Å²) in [6.07, 6.45) is 10.9. The lowest BCUT2D eigenvalue weighted by Crippen LogP contribution is -2.20. The molecule has 0 saturated heterocycles. The molecule has 0 aliphatic carbocycles. The molecule has 0 fully saturated rings. The molecule has 0 heterocycles. The lowest BCUT2D eigenvalue weighted by atomic mass is 10.1. The van der Waals surface area contributed by atoms with Crippen molar-refractivity contribution >= 4 is 6.16 Å². The minimum atomic E-state index is -0.504. The number of carbonyl (C=O) groups excluding carboxylic acids is 1. The Kier molecular flexibility index (Phi) is 12.8. The molecule has 0 bridgehead atoms. The zero-order valence-electron chi connectivity index (χ0n) is 14.0. The summed E-state index contributed by atoms with van der Waals surface area (Å²) in [6.45, 7) is 8.27. The number of ether oxygens (including phenoxy) is 2. The van der Waals surface area contributed by atoms with Crippen molar-refractivity contribution in [3.05, 3.63) is 0 Å². The van der Waals surface area contributed by atoms with Crippen LogP contribution >= 0.6 is 0 Å². The van der Waals surface area contributed by atoms with Crippen molar-refractivity contribution in [2.24, 2.45) is 0 Å². The largest absolute Gasteiger partial charge is 0.508 e. The van der Waals surface area contributed by atoms with Gasteiger partial charge in [-0.1, -0.05) is 52.4 Å². The first-order valence-corrected chi connectivity index (χ1v) is 8.47. The molecule has 0 radical (unpaired) electrons. The second-order valence-electron chi connectivity index (χ2n) is 5.81. The summed E-state index contributed by atoms with van der Waals surface area (Å²) in [5.41, 5.74) is 0. The van der Waals surface area contributed by atoms with E-state index in [0.717, 1.165) is 25.7 Å². The highest BCUT2D eigenvalue weighted by molar-refractivity contribution is 5.60. The average Bonchev–Trinajstić information content (AvgIpc) is 2.39. The minimum absolute atomic E-state index is 0.0355. The summed E-state index contributed by atoms with van der Waals surface area (Å²) in [7, 11) is 0. The van der Waals surface area contributed by atoms with E-state index < -0.39 is 6.16 Å². The van der Waals surface area contributed by atoms with E-state index in [2.05, 4.69) is 13.8 Å². The average molecular weight is 286 g/mol. The fraction of sp³-hybridized carbons (Fsp3) is 0.941. The predicted molar refractivity (Wildman–Crippen MR) is 84.0 cm³/mol. The van der Waals surface area contributed by atoms with Crippen molar-refractivity contribution in [3.63, 3.8) is 0 Å². The smallest absolute Gasteiger partial charge is 0.431 e. The van der Waals surface area contributed by atoms with Crippen LogP contribution in [0.5, 0.6) is 0 Å². The molecule has 120 valence electrons. The number of carbonyl (C=O) groups is 1. The first kappa shape index (κ1) is 19.3. The summed E-state index contributed by atoms with van der Waals surface area (Å²) < 4.78 is 10.5. The van der Waals surface area contributed by atoms with Crippen LogP contribution in [-0.2, 0) is 9.47 Å². The van der Waals surface area contributed by atoms with E-state index in [1.807, 2.05) is 13.8 Å². The van der Waals surface area contributed by atoms with E-state index >= 15 is 0 Å². The van der Waals surface area contributed by atoms with Gasteiger partial charge in [-0.05, 0) is 39.5 Å². The second-order valence-corrected chi connectivity index (χ2v) is 5.81.